The lowest BCUT2D eigenvalue weighted by atomic mass is 9.97. The van der Waals surface area contributed by atoms with Crippen molar-refractivity contribution in [3.8, 4) is 5.75 Å². The molecule has 0 heterocycles. The van der Waals surface area contributed by atoms with Crippen molar-refractivity contribution in [2.24, 2.45) is 5.73 Å². The Morgan fingerprint density at radius 3 is 2.80 bits per heavy atom. The van der Waals surface area contributed by atoms with Crippen molar-refractivity contribution >= 4 is 11.6 Å². The number of likely N-dealkylation sites (N-methyl/N-ethyl adjacent to an activating group) is 1. The third kappa shape index (κ3) is 2.57. The molecule has 2 atom stereocenters. The third-order valence-electron chi connectivity index (χ3n) is 3.78. The van der Waals surface area contributed by atoms with Gasteiger partial charge in [0.25, 0.3) is 0 Å². The number of nitro benzene ring substituents is 1. The zero-order chi connectivity index (χ0) is 14.8. The first-order valence-electron chi connectivity index (χ1n) is 6.37. The highest BCUT2D eigenvalue weighted by atomic mass is 16.6. The average Bonchev–Trinajstić information content (AvgIpc) is 2.84. The largest absolute Gasteiger partial charge is 0.483 e. The molecule has 0 aliphatic heterocycles. The van der Waals surface area contributed by atoms with Gasteiger partial charge >= 0.3 is 5.69 Å². The second-order valence-electron chi connectivity index (χ2n) is 4.90. The molecule has 7 nitrogen and oxygen atoms in total. The van der Waals surface area contributed by atoms with Crippen molar-refractivity contribution in [3.05, 3.63) is 34.4 Å². The van der Waals surface area contributed by atoms with Gasteiger partial charge in [0.15, 0.2) is 5.75 Å². The molecule has 1 fully saturated rings. The van der Waals surface area contributed by atoms with Gasteiger partial charge in [0.1, 0.15) is 11.6 Å². The fraction of sp³-hybridized carbons (Fsp3) is 0.462. The lowest BCUT2D eigenvalue weighted by molar-refractivity contribution is -0.386. The van der Waals surface area contributed by atoms with Crippen molar-refractivity contribution in [2.75, 3.05) is 7.05 Å². The summed E-state index contributed by atoms with van der Waals surface area (Å²) in [6.45, 7) is 0. The van der Waals surface area contributed by atoms with Crippen LogP contribution in [-0.2, 0) is 4.79 Å². The Morgan fingerprint density at radius 1 is 1.55 bits per heavy atom. The fourth-order valence-corrected chi connectivity index (χ4v) is 2.56. The highest BCUT2D eigenvalue weighted by molar-refractivity contribution is 5.85. The molecule has 0 spiro atoms. The van der Waals surface area contributed by atoms with Gasteiger partial charge in [-0.25, -0.2) is 0 Å². The quantitative estimate of drug-likeness (QED) is 0.616. The van der Waals surface area contributed by atoms with E-state index in [0.717, 1.165) is 0 Å². The summed E-state index contributed by atoms with van der Waals surface area (Å²) in [5.41, 5.74) is 4.55. The second kappa shape index (κ2) is 5.46. The van der Waals surface area contributed by atoms with Crippen LogP contribution in [-0.4, -0.2) is 29.5 Å². The number of rotatable bonds is 5. The molecule has 1 aromatic rings. The Morgan fingerprint density at radius 2 is 2.25 bits per heavy atom. The monoisotopic (exact) mass is 279 g/mol. The number of para-hydroxylation sites is 2. The van der Waals surface area contributed by atoms with Crippen molar-refractivity contribution in [2.45, 2.75) is 30.9 Å². The van der Waals surface area contributed by atoms with Gasteiger partial charge in [-0.05, 0) is 26.0 Å². The molecular weight excluding hydrogens is 262 g/mol. The van der Waals surface area contributed by atoms with Gasteiger partial charge in [-0.1, -0.05) is 12.1 Å². The predicted octanol–water partition coefficient (Wildman–Crippen LogP) is 0.970. The fourth-order valence-electron chi connectivity index (χ4n) is 2.56. The lowest BCUT2D eigenvalue weighted by Gasteiger charge is -2.24. The maximum atomic E-state index is 11.5. The molecule has 3 N–H and O–H groups in total. The number of hydrogen-bond donors (Lipinski definition) is 2. The van der Waals surface area contributed by atoms with Crippen molar-refractivity contribution < 1.29 is 14.5 Å². The number of nitrogens with one attached hydrogen (secondary N) is 1. The molecule has 1 amide bonds. The van der Waals surface area contributed by atoms with Gasteiger partial charge in [-0.3, -0.25) is 14.9 Å². The van der Waals surface area contributed by atoms with E-state index in [-0.39, 0.29) is 17.5 Å². The summed E-state index contributed by atoms with van der Waals surface area (Å²) in [6, 6.07) is 6.21. The first kappa shape index (κ1) is 14.3. The van der Waals surface area contributed by atoms with Crippen LogP contribution in [0, 0.1) is 10.1 Å². The lowest BCUT2D eigenvalue weighted by Crippen LogP contribution is -2.52. The van der Waals surface area contributed by atoms with Crippen LogP contribution in [0.25, 0.3) is 0 Å². The van der Waals surface area contributed by atoms with Gasteiger partial charge in [0.2, 0.25) is 5.91 Å². The molecule has 1 aliphatic rings. The molecule has 0 aromatic heterocycles. The molecule has 0 saturated heterocycles. The van der Waals surface area contributed by atoms with E-state index in [4.69, 9.17) is 10.5 Å². The van der Waals surface area contributed by atoms with Gasteiger partial charge in [0, 0.05) is 12.5 Å². The first-order valence-corrected chi connectivity index (χ1v) is 6.37. The Kier molecular flexibility index (Phi) is 3.89. The molecule has 1 aliphatic carbocycles. The number of nitro groups is 1. The van der Waals surface area contributed by atoms with E-state index in [1.165, 1.54) is 6.07 Å². The molecule has 108 valence electrons. The topological polar surface area (TPSA) is 107 Å². The van der Waals surface area contributed by atoms with E-state index in [1.807, 2.05) is 0 Å². The molecule has 0 radical (unpaired) electrons. The summed E-state index contributed by atoms with van der Waals surface area (Å²) in [4.78, 5) is 22.0. The van der Waals surface area contributed by atoms with Gasteiger partial charge < -0.3 is 15.8 Å². The van der Waals surface area contributed by atoms with Crippen LogP contribution in [0.15, 0.2) is 24.3 Å². The zero-order valence-corrected chi connectivity index (χ0v) is 11.2. The van der Waals surface area contributed by atoms with Crippen LogP contribution in [0.2, 0.25) is 0 Å². The second-order valence-corrected chi connectivity index (χ2v) is 4.90. The minimum absolute atomic E-state index is 0.0754. The highest BCUT2D eigenvalue weighted by Gasteiger charge is 2.44. The normalized spacial score (nSPS) is 25.4. The minimum Gasteiger partial charge on any atom is -0.483 e. The van der Waals surface area contributed by atoms with Gasteiger partial charge in [0.05, 0.1) is 4.92 Å². The minimum atomic E-state index is -0.784. The van der Waals surface area contributed by atoms with E-state index < -0.39 is 16.4 Å². The molecule has 2 rings (SSSR count). The van der Waals surface area contributed by atoms with Gasteiger partial charge in [-0.15, -0.1) is 0 Å². The maximum absolute atomic E-state index is 11.5. The average molecular weight is 279 g/mol. The highest BCUT2D eigenvalue weighted by Crippen LogP contribution is 2.35. The van der Waals surface area contributed by atoms with Gasteiger partial charge in [-0.2, -0.15) is 0 Å². The number of hydrogen-bond acceptors (Lipinski definition) is 5. The van der Waals surface area contributed by atoms with Crippen LogP contribution >= 0.6 is 0 Å². The molecule has 2 unspecified atom stereocenters. The number of ether oxygens (including phenoxy) is 1. The van der Waals surface area contributed by atoms with E-state index in [9.17, 15) is 14.9 Å². The van der Waals surface area contributed by atoms with E-state index >= 15 is 0 Å². The Balaban J connectivity index is 2.13. The molecular formula is C13H17N3O4. The Bertz CT molecular complexity index is 534. The van der Waals surface area contributed by atoms with Crippen LogP contribution in [0.3, 0.4) is 0 Å². The maximum Gasteiger partial charge on any atom is 0.310 e. The van der Waals surface area contributed by atoms with E-state index in [0.29, 0.717) is 19.3 Å². The SMILES string of the molecule is CNC1(C(N)=O)CCC(Oc2ccccc2[N+](=O)[O-])C1. The number of benzene rings is 1. The van der Waals surface area contributed by atoms with Crippen LogP contribution < -0.4 is 15.8 Å². The van der Waals surface area contributed by atoms with Crippen molar-refractivity contribution in [1.82, 2.24) is 5.32 Å². The number of nitrogens with two attached hydrogens (primary N) is 1. The standard InChI is InChI=1S/C13H17N3O4/c1-15-13(12(14)17)7-6-9(8-13)20-11-5-3-2-4-10(11)16(18)19/h2-5,9,15H,6-8H2,1H3,(H2,14,17). The third-order valence-corrected chi connectivity index (χ3v) is 3.78. The van der Waals surface area contributed by atoms with Crippen LogP contribution in [0.4, 0.5) is 5.69 Å². The molecule has 20 heavy (non-hydrogen) atoms. The summed E-state index contributed by atoms with van der Waals surface area (Å²) in [5.74, 6) is -0.201. The number of primary amides is 1. The number of nitrogens with zero attached hydrogens (tertiary/aromatic N) is 1. The predicted molar refractivity (Wildman–Crippen MR) is 72.3 cm³/mol. The summed E-state index contributed by atoms with van der Waals surface area (Å²) >= 11 is 0. The number of amides is 1. The summed E-state index contributed by atoms with van der Waals surface area (Å²) < 4.78 is 5.69. The molecule has 1 aromatic carbocycles. The molecule has 7 heteroatoms. The summed E-state index contributed by atoms with van der Waals surface area (Å²) in [5, 5.41) is 13.9. The first-order chi connectivity index (χ1) is 9.48. The smallest absolute Gasteiger partial charge is 0.310 e. The number of carbonyl (C=O) groups is 1. The van der Waals surface area contributed by atoms with Crippen molar-refractivity contribution in [1.29, 1.82) is 0 Å². The Hall–Kier alpha value is -2.15. The van der Waals surface area contributed by atoms with Crippen LogP contribution in [0.1, 0.15) is 19.3 Å². The zero-order valence-electron chi connectivity index (χ0n) is 11.2. The molecule has 0 bridgehead atoms. The Labute approximate surface area is 116 Å². The van der Waals surface area contributed by atoms with E-state index in [2.05, 4.69) is 5.32 Å². The summed E-state index contributed by atoms with van der Waals surface area (Å²) in [7, 11) is 1.68. The molecule has 1 saturated carbocycles. The summed E-state index contributed by atoms with van der Waals surface area (Å²) in [6.07, 6.45) is 1.32. The van der Waals surface area contributed by atoms with Crippen molar-refractivity contribution in [3.63, 3.8) is 0 Å². The van der Waals surface area contributed by atoms with Crippen LogP contribution in [0.5, 0.6) is 5.75 Å². The van der Waals surface area contributed by atoms with E-state index in [1.54, 1.807) is 25.2 Å². The number of carbonyl (C=O) groups excluding carboxylic acids is 1.